The maximum Gasteiger partial charge on any atom is 0.310 e. The molecule has 0 aromatic heterocycles. The van der Waals surface area contributed by atoms with E-state index in [-0.39, 0.29) is 40.2 Å². The molecule has 188 valence electrons. The molecule has 0 amide bonds. The van der Waals surface area contributed by atoms with E-state index in [1.165, 1.54) is 0 Å². The van der Waals surface area contributed by atoms with Crippen molar-refractivity contribution >= 4 is 17.5 Å². The van der Waals surface area contributed by atoms with E-state index in [9.17, 15) is 24.6 Å². The van der Waals surface area contributed by atoms with Crippen LogP contribution in [-0.2, 0) is 14.4 Å². The summed E-state index contributed by atoms with van der Waals surface area (Å²) in [5, 5.41) is 19.7. The van der Waals surface area contributed by atoms with Gasteiger partial charge in [0, 0.05) is 29.4 Å². The van der Waals surface area contributed by atoms with Crippen molar-refractivity contribution in [3.63, 3.8) is 0 Å². The Labute approximate surface area is 204 Å². The van der Waals surface area contributed by atoms with E-state index >= 15 is 0 Å². The number of fused-ring (bicyclic) bond motifs is 4. The van der Waals surface area contributed by atoms with Gasteiger partial charge in [0.25, 0.3) is 0 Å². The molecule has 0 spiro atoms. The molecule has 0 bridgehead atoms. The number of hydrogen-bond donors (Lipinski definition) is 2. The standard InChI is InChI=1S/C29H42O5/c1-15(17(3)27(33)34)7-8-16(2)19-9-10-20-25-23(31)13-21-18(4)22(30)11-12-28(21,5)26(25)24(32)14-29(19,20)6/h16-22,30H,1,7-14H2,2-6H3,(H,33,34)/t16-,17-,18+,19-,20-,21-,22-,28+,29-/m1/s1. The molecule has 4 aliphatic carbocycles. The lowest BCUT2D eigenvalue weighted by Crippen LogP contribution is -2.53. The molecule has 2 saturated carbocycles. The van der Waals surface area contributed by atoms with Gasteiger partial charge in [-0.1, -0.05) is 39.8 Å². The van der Waals surface area contributed by atoms with Crippen LogP contribution in [0.15, 0.2) is 23.3 Å². The number of rotatable bonds is 6. The van der Waals surface area contributed by atoms with E-state index in [2.05, 4.69) is 27.4 Å². The number of Topliss-reactive ketones (excluding diaryl/α,β-unsaturated/α-hetero) is 2. The van der Waals surface area contributed by atoms with Crippen molar-refractivity contribution in [1.29, 1.82) is 0 Å². The molecule has 0 radical (unpaired) electrons. The molecular formula is C29H42O5. The van der Waals surface area contributed by atoms with Crippen LogP contribution >= 0.6 is 0 Å². The predicted molar refractivity (Wildman–Crippen MR) is 131 cm³/mol. The number of aliphatic hydroxyl groups excluding tert-OH is 1. The summed E-state index contributed by atoms with van der Waals surface area (Å²) in [6.45, 7) is 14.3. The van der Waals surface area contributed by atoms with Crippen molar-refractivity contribution in [2.24, 2.45) is 46.3 Å². The SMILES string of the molecule is C=C(CC[C@@H](C)[C@H]1CC[C@@H]2C3=C(C(=O)C[C@@]21C)[C@@]1(C)CC[C@@H](O)[C@@H](C)[C@H]1CC3=O)[C@@H](C)C(=O)O. The molecule has 0 unspecified atom stereocenters. The Bertz CT molecular complexity index is 946. The van der Waals surface area contributed by atoms with Crippen molar-refractivity contribution in [3.8, 4) is 0 Å². The summed E-state index contributed by atoms with van der Waals surface area (Å²) >= 11 is 0. The van der Waals surface area contributed by atoms with Gasteiger partial charge in [0.05, 0.1) is 12.0 Å². The summed E-state index contributed by atoms with van der Waals surface area (Å²) in [4.78, 5) is 38.7. The number of carbonyl (C=O) groups excluding carboxylic acids is 2. The highest BCUT2D eigenvalue weighted by Crippen LogP contribution is 2.65. The molecule has 0 aromatic carbocycles. The number of aliphatic carboxylic acids is 1. The highest BCUT2D eigenvalue weighted by molar-refractivity contribution is 6.10. The topological polar surface area (TPSA) is 91.7 Å². The van der Waals surface area contributed by atoms with Crippen molar-refractivity contribution in [1.82, 2.24) is 0 Å². The van der Waals surface area contributed by atoms with Gasteiger partial charge in [-0.05, 0) is 80.5 Å². The summed E-state index contributed by atoms with van der Waals surface area (Å²) in [6, 6.07) is 0. The monoisotopic (exact) mass is 470 g/mol. The minimum atomic E-state index is -0.838. The van der Waals surface area contributed by atoms with Crippen LogP contribution in [0.4, 0.5) is 0 Å². The molecule has 2 fully saturated rings. The van der Waals surface area contributed by atoms with E-state index in [0.717, 1.165) is 42.4 Å². The smallest absolute Gasteiger partial charge is 0.310 e. The molecule has 0 aromatic rings. The highest BCUT2D eigenvalue weighted by Gasteiger charge is 2.61. The van der Waals surface area contributed by atoms with Crippen molar-refractivity contribution in [2.45, 2.75) is 92.1 Å². The minimum Gasteiger partial charge on any atom is -0.481 e. The van der Waals surface area contributed by atoms with Crippen LogP contribution in [0.2, 0.25) is 0 Å². The second kappa shape index (κ2) is 8.72. The van der Waals surface area contributed by atoms with Crippen LogP contribution in [0.3, 0.4) is 0 Å². The Balaban J connectivity index is 1.61. The van der Waals surface area contributed by atoms with E-state index in [4.69, 9.17) is 0 Å². The Hall–Kier alpha value is -1.75. The Morgan fingerprint density at radius 3 is 2.47 bits per heavy atom. The number of carbonyl (C=O) groups is 3. The van der Waals surface area contributed by atoms with Gasteiger partial charge in [-0.3, -0.25) is 14.4 Å². The van der Waals surface area contributed by atoms with Gasteiger partial charge in [-0.2, -0.15) is 0 Å². The summed E-state index contributed by atoms with van der Waals surface area (Å²) < 4.78 is 0. The maximum absolute atomic E-state index is 13.8. The summed E-state index contributed by atoms with van der Waals surface area (Å²) in [7, 11) is 0. The molecule has 4 rings (SSSR count). The van der Waals surface area contributed by atoms with Gasteiger partial charge in [-0.25, -0.2) is 0 Å². The largest absolute Gasteiger partial charge is 0.481 e. The number of carboxylic acids is 1. The van der Waals surface area contributed by atoms with Crippen molar-refractivity contribution in [3.05, 3.63) is 23.3 Å². The number of allylic oxidation sites excluding steroid dienone is 2. The number of aliphatic hydroxyl groups is 1. The molecule has 4 aliphatic rings. The van der Waals surface area contributed by atoms with E-state index < -0.39 is 18.0 Å². The van der Waals surface area contributed by atoms with Crippen LogP contribution < -0.4 is 0 Å². The molecule has 5 nitrogen and oxygen atoms in total. The molecule has 2 N–H and O–H groups in total. The molecule has 5 heteroatoms. The number of hydrogen-bond acceptors (Lipinski definition) is 4. The van der Waals surface area contributed by atoms with Gasteiger partial charge in [0.2, 0.25) is 0 Å². The van der Waals surface area contributed by atoms with Crippen molar-refractivity contribution in [2.75, 3.05) is 0 Å². The van der Waals surface area contributed by atoms with Crippen LogP contribution in [0.1, 0.15) is 86.0 Å². The molecule has 9 atom stereocenters. The van der Waals surface area contributed by atoms with E-state index in [1.807, 2.05) is 6.92 Å². The third-order valence-electron chi connectivity index (χ3n) is 10.7. The van der Waals surface area contributed by atoms with E-state index in [1.54, 1.807) is 6.92 Å². The zero-order chi connectivity index (χ0) is 25.2. The first-order chi connectivity index (χ1) is 15.8. The normalized spacial score (nSPS) is 41.4. The quantitative estimate of drug-likeness (QED) is 0.509. The van der Waals surface area contributed by atoms with Gasteiger partial charge in [0.1, 0.15) is 0 Å². The highest BCUT2D eigenvalue weighted by atomic mass is 16.4. The first-order valence-electron chi connectivity index (χ1n) is 13.2. The first-order valence-corrected chi connectivity index (χ1v) is 13.2. The summed E-state index contributed by atoms with van der Waals surface area (Å²) in [5.74, 6) is -0.252. The second-order valence-electron chi connectivity index (χ2n) is 12.5. The van der Waals surface area contributed by atoms with E-state index in [0.29, 0.717) is 37.5 Å². The Kier molecular flexibility index (Phi) is 6.50. The van der Waals surface area contributed by atoms with Gasteiger partial charge in [0.15, 0.2) is 11.6 Å². The third-order valence-corrected chi connectivity index (χ3v) is 10.7. The van der Waals surface area contributed by atoms with Gasteiger partial charge < -0.3 is 10.2 Å². The van der Waals surface area contributed by atoms with Crippen molar-refractivity contribution < 1.29 is 24.6 Å². The maximum atomic E-state index is 13.8. The average molecular weight is 471 g/mol. The number of carboxylic acid groups (broad SMARTS) is 1. The molecule has 0 saturated heterocycles. The average Bonchev–Trinajstić information content (AvgIpc) is 3.11. The van der Waals surface area contributed by atoms with Gasteiger partial charge in [-0.15, -0.1) is 0 Å². The zero-order valence-electron chi connectivity index (χ0n) is 21.5. The fraction of sp³-hybridized carbons (Fsp3) is 0.759. The lowest BCUT2D eigenvalue weighted by Gasteiger charge is -2.55. The van der Waals surface area contributed by atoms with Crippen LogP contribution in [0.5, 0.6) is 0 Å². The predicted octanol–water partition coefficient (Wildman–Crippen LogP) is 5.37. The number of ketones is 2. The second-order valence-corrected chi connectivity index (χ2v) is 12.5. The molecule has 0 heterocycles. The first kappa shape index (κ1) is 25.3. The molecule has 0 aliphatic heterocycles. The zero-order valence-corrected chi connectivity index (χ0v) is 21.5. The lowest BCUT2D eigenvalue weighted by molar-refractivity contribution is -0.140. The summed E-state index contributed by atoms with van der Waals surface area (Å²) in [6.07, 6.45) is 5.46. The van der Waals surface area contributed by atoms with Crippen LogP contribution in [0, 0.1) is 46.3 Å². The Morgan fingerprint density at radius 1 is 1.15 bits per heavy atom. The van der Waals surface area contributed by atoms with Crippen LogP contribution in [-0.4, -0.2) is 33.9 Å². The molecular weight excluding hydrogens is 428 g/mol. The third kappa shape index (κ3) is 3.73. The van der Waals surface area contributed by atoms with Crippen LogP contribution in [0.25, 0.3) is 0 Å². The fourth-order valence-electron chi connectivity index (χ4n) is 8.43. The lowest BCUT2D eigenvalue weighted by atomic mass is 9.48. The Morgan fingerprint density at radius 2 is 1.82 bits per heavy atom. The van der Waals surface area contributed by atoms with Gasteiger partial charge >= 0.3 is 5.97 Å². The minimum absolute atomic E-state index is 0.0236. The summed E-state index contributed by atoms with van der Waals surface area (Å²) in [5.41, 5.74) is 1.85. The molecule has 34 heavy (non-hydrogen) atoms. The fourth-order valence-corrected chi connectivity index (χ4v) is 8.43.